The van der Waals surface area contributed by atoms with Crippen molar-refractivity contribution in [3.63, 3.8) is 0 Å². The second-order valence-corrected chi connectivity index (χ2v) is 16.3. The fourth-order valence-corrected chi connectivity index (χ4v) is 8.85. The second kappa shape index (κ2) is 15.2. The van der Waals surface area contributed by atoms with Crippen LogP contribution in [-0.4, -0.2) is 61.5 Å². The quantitative estimate of drug-likeness (QED) is 0.163. The van der Waals surface area contributed by atoms with Crippen LogP contribution in [0, 0.1) is 0 Å². The normalized spacial score (nSPS) is 16.4. The van der Waals surface area contributed by atoms with Crippen LogP contribution in [0.25, 0.3) is 11.3 Å². The van der Waals surface area contributed by atoms with Gasteiger partial charge in [0.1, 0.15) is 5.75 Å². The molecule has 3 aliphatic heterocycles. The minimum Gasteiger partial charge on any atom is -0.404 e. The van der Waals surface area contributed by atoms with Crippen LogP contribution in [-0.2, 0) is 54.7 Å². The summed E-state index contributed by atoms with van der Waals surface area (Å²) in [6.45, 7) is 4.28. The zero-order valence-corrected chi connectivity index (χ0v) is 32.5. The van der Waals surface area contributed by atoms with Crippen molar-refractivity contribution in [3.8, 4) is 17.0 Å². The molecular weight excluding hydrogens is 727 g/mol. The summed E-state index contributed by atoms with van der Waals surface area (Å²) in [5.74, 6) is -0.264. The summed E-state index contributed by atoms with van der Waals surface area (Å²) >= 11 is 0. The molecule has 11 nitrogen and oxygen atoms in total. The van der Waals surface area contributed by atoms with Gasteiger partial charge in [0, 0.05) is 67.5 Å². The van der Waals surface area contributed by atoms with E-state index in [1.165, 1.54) is 22.6 Å². The summed E-state index contributed by atoms with van der Waals surface area (Å²) < 4.78 is 18.2. The number of fused-ring (bicyclic) bond motifs is 3. The number of nitrogens with zero attached hydrogens (tertiary/aromatic N) is 4. The molecule has 5 aromatic rings. The van der Waals surface area contributed by atoms with Gasteiger partial charge < -0.3 is 23.8 Å². The summed E-state index contributed by atoms with van der Waals surface area (Å²) in [5, 5.41) is 0. The maximum atomic E-state index is 15.0. The highest BCUT2D eigenvalue weighted by molar-refractivity contribution is 7.46. The number of rotatable bonds is 8. The van der Waals surface area contributed by atoms with Crippen LogP contribution < -0.4 is 9.42 Å². The standard InChI is InChI=1S/C44H45N4O7P/c1-29-22-31-12-6-7-13-33(31)28-48(29)44(51)38-25-34-27-46(42(49)23-30-10-4-3-5-11-30)21-19-32(34)24-37(38)41-26-39(40-14-8-9-20-47(40)41)43(50)45(2)35-15-17-36(18-16-35)55-56(52,53)54/h3-7,10-13,15-18,24-26,29H,8-9,14,19-23,27-28H2,1-2H3,(H2,52,53,54)/t29-/m1/s1. The Morgan fingerprint density at radius 1 is 0.804 bits per heavy atom. The number of phosphoric ester groups is 1. The van der Waals surface area contributed by atoms with E-state index in [1.54, 1.807) is 19.2 Å². The zero-order chi connectivity index (χ0) is 39.1. The van der Waals surface area contributed by atoms with E-state index >= 15 is 0 Å². The molecule has 0 saturated heterocycles. The summed E-state index contributed by atoms with van der Waals surface area (Å²) in [6, 6.07) is 30.0. The van der Waals surface area contributed by atoms with Crippen LogP contribution in [0.4, 0.5) is 5.69 Å². The third-order valence-electron chi connectivity index (χ3n) is 11.4. The Hall–Kier alpha value is -5.48. The van der Waals surface area contributed by atoms with Crippen molar-refractivity contribution in [2.75, 3.05) is 18.5 Å². The van der Waals surface area contributed by atoms with E-state index < -0.39 is 7.82 Å². The third-order valence-corrected chi connectivity index (χ3v) is 11.9. The fourth-order valence-electron chi connectivity index (χ4n) is 8.45. The van der Waals surface area contributed by atoms with Crippen LogP contribution >= 0.6 is 7.82 Å². The molecule has 4 heterocycles. The maximum absolute atomic E-state index is 15.0. The highest BCUT2D eigenvalue weighted by atomic mass is 31.2. The molecule has 8 rings (SSSR count). The number of anilines is 1. The molecule has 3 amide bonds. The first kappa shape index (κ1) is 37.4. The predicted molar refractivity (Wildman–Crippen MR) is 213 cm³/mol. The Bertz CT molecular complexity index is 2370. The monoisotopic (exact) mass is 772 g/mol. The number of carbonyl (C=O) groups excluding carboxylic acids is 3. The summed E-state index contributed by atoms with van der Waals surface area (Å²) in [7, 11) is -3.06. The molecular formula is C44H45N4O7P. The van der Waals surface area contributed by atoms with Gasteiger partial charge in [0.25, 0.3) is 11.8 Å². The van der Waals surface area contributed by atoms with E-state index in [9.17, 15) is 28.7 Å². The van der Waals surface area contributed by atoms with Gasteiger partial charge in [0.15, 0.2) is 0 Å². The number of carbonyl (C=O) groups is 3. The lowest BCUT2D eigenvalue weighted by molar-refractivity contribution is -0.131. The molecule has 1 atom stereocenters. The lowest BCUT2D eigenvalue weighted by Crippen LogP contribution is -2.43. The zero-order valence-electron chi connectivity index (χ0n) is 31.6. The molecule has 1 aromatic heterocycles. The van der Waals surface area contributed by atoms with E-state index in [2.05, 4.69) is 29.7 Å². The first-order chi connectivity index (χ1) is 26.9. The Balaban J connectivity index is 1.18. The first-order valence-corrected chi connectivity index (χ1v) is 20.7. The highest BCUT2D eigenvalue weighted by Gasteiger charge is 2.33. The van der Waals surface area contributed by atoms with E-state index in [0.29, 0.717) is 62.3 Å². The summed E-state index contributed by atoms with van der Waals surface area (Å²) in [5.41, 5.74) is 9.56. The molecule has 0 fully saturated rings. The van der Waals surface area contributed by atoms with E-state index in [0.717, 1.165) is 58.5 Å². The van der Waals surface area contributed by atoms with Gasteiger partial charge in [0.2, 0.25) is 5.91 Å². The minimum atomic E-state index is -4.73. The van der Waals surface area contributed by atoms with Crippen molar-refractivity contribution in [1.82, 2.24) is 14.4 Å². The minimum absolute atomic E-state index is 0.00809. The Labute approximate surface area is 326 Å². The van der Waals surface area contributed by atoms with Crippen molar-refractivity contribution in [2.24, 2.45) is 0 Å². The van der Waals surface area contributed by atoms with Crippen molar-refractivity contribution >= 4 is 31.2 Å². The number of aromatic nitrogens is 1. The van der Waals surface area contributed by atoms with Crippen LogP contribution in [0.2, 0.25) is 0 Å². The summed E-state index contributed by atoms with van der Waals surface area (Å²) in [6.07, 6.45) is 4.28. The molecule has 3 aliphatic rings. The number of benzene rings is 4. The number of amides is 3. The molecule has 0 radical (unpaired) electrons. The number of hydrogen-bond donors (Lipinski definition) is 2. The summed E-state index contributed by atoms with van der Waals surface area (Å²) in [4.78, 5) is 66.6. The molecule has 0 unspecified atom stereocenters. The number of phosphoric acid groups is 1. The molecule has 56 heavy (non-hydrogen) atoms. The molecule has 0 saturated carbocycles. The van der Waals surface area contributed by atoms with Crippen LogP contribution in [0.15, 0.2) is 97.1 Å². The third kappa shape index (κ3) is 7.54. The van der Waals surface area contributed by atoms with Gasteiger partial charge in [-0.15, -0.1) is 0 Å². The topological polar surface area (TPSA) is 133 Å². The van der Waals surface area contributed by atoms with Crippen LogP contribution in [0.5, 0.6) is 5.75 Å². The van der Waals surface area contributed by atoms with Gasteiger partial charge in [-0.1, -0.05) is 54.6 Å². The van der Waals surface area contributed by atoms with Gasteiger partial charge in [-0.3, -0.25) is 24.2 Å². The van der Waals surface area contributed by atoms with Gasteiger partial charge in [-0.05, 0) is 109 Å². The van der Waals surface area contributed by atoms with E-state index in [1.807, 2.05) is 64.4 Å². The van der Waals surface area contributed by atoms with Crippen molar-refractivity contribution in [1.29, 1.82) is 0 Å². The lowest BCUT2D eigenvalue weighted by Gasteiger charge is -2.36. The maximum Gasteiger partial charge on any atom is 0.524 e. The first-order valence-electron chi connectivity index (χ1n) is 19.1. The molecule has 12 heteroatoms. The van der Waals surface area contributed by atoms with Gasteiger partial charge in [0.05, 0.1) is 12.0 Å². The molecule has 4 aromatic carbocycles. The van der Waals surface area contributed by atoms with Gasteiger partial charge in [-0.2, -0.15) is 0 Å². The molecule has 2 N–H and O–H groups in total. The van der Waals surface area contributed by atoms with E-state index in [-0.39, 0.29) is 29.5 Å². The van der Waals surface area contributed by atoms with Gasteiger partial charge in [-0.25, -0.2) is 4.57 Å². The molecule has 0 bridgehead atoms. The van der Waals surface area contributed by atoms with Crippen LogP contribution in [0.3, 0.4) is 0 Å². The SMILES string of the molecule is C[C@@H]1Cc2ccccc2CN1C(=O)c1cc2c(cc1-c1cc(C(=O)N(C)c3ccc(OP(=O)(O)O)cc3)c3n1CCCC3)CCN(C(=O)Cc1ccccc1)C2. The average Bonchev–Trinajstić information content (AvgIpc) is 3.58. The number of hydrogen-bond acceptors (Lipinski definition) is 5. The lowest BCUT2D eigenvalue weighted by atomic mass is 9.89. The van der Waals surface area contributed by atoms with E-state index in [4.69, 9.17) is 4.52 Å². The Morgan fingerprint density at radius 3 is 2.29 bits per heavy atom. The van der Waals surface area contributed by atoms with Crippen molar-refractivity contribution in [3.05, 3.63) is 142 Å². The molecule has 0 aliphatic carbocycles. The molecule has 0 spiro atoms. The highest BCUT2D eigenvalue weighted by Crippen LogP contribution is 2.40. The Kier molecular flexibility index (Phi) is 10.2. The van der Waals surface area contributed by atoms with Gasteiger partial charge >= 0.3 is 7.82 Å². The van der Waals surface area contributed by atoms with Crippen LogP contribution in [0.1, 0.15) is 74.0 Å². The average molecular weight is 773 g/mol. The fraction of sp³-hybridized carbons (Fsp3) is 0.295. The Morgan fingerprint density at radius 2 is 1.54 bits per heavy atom. The molecule has 288 valence electrons. The second-order valence-electron chi connectivity index (χ2n) is 15.1. The predicted octanol–water partition coefficient (Wildman–Crippen LogP) is 6.95. The smallest absolute Gasteiger partial charge is 0.404 e. The van der Waals surface area contributed by atoms with Crippen molar-refractivity contribution in [2.45, 2.75) is 71.1 Å². The van der Waals surface area contributed by atoms with Crippen molar-refractivity contribution < 1.29 is 33.3 Å². The largest absolute Gasteiger partial charge is 0.524 e.